The molecule has 0 atom stereocenters. The lowest BCUT2D eigenvalue weighted by atomic mass is 10.4. The average Bonchev–Trinajstić information content (AvgIpc) is 3.02. The van der Waals surface area contributed by atoms with E-state index < -0.39 is 0 Å². The van der Waals surface area contributed by atoms with E-state index in [9.17, 15) is 4.79 Å². The van der Waals surface area contributed by atoms with Gasteiger partial charge in [0.25, 0.3) is 0 Å². The third-order valence-corrected chi connectivity index (χ3v) is 3.92. The second-order valence-corrected chi connectivity index (χ2v) is 6.10. The second kappa shape index (κ2) is 15.0. The molecule has 25 heavy (non-hydrogen) atoms. The van der Waals surface area contributed by atoms with Crippen LogP contribution in [0.3, 0.4) is 0 Å². The summed E-state index contributed by atoms with van der Waals surface area (Å²) in [6, 6.07) is 0. The zero-order chi connectivity index (χ0) is 18.2. The Morgan fingerprint density at radius 3 is 2.60 bits per heavy atom. The first-order valence-corrected chi connectivity index (χ1v) is 9.73. The van der Waals surface area contributed by atoms with Gasteiger partial charge in [-0.2, -0.15) is 0 Å². The summed E-state index contributed by atoms with van der Waals surface area (Å²) in [6.45, 7) is 10.9. The van der Waals surface area contributed by atoms with E-state index in [0.717, 1.165) is 57.9 Å². The van der Waals surface area contributed by atoms with Crippen LogP contribution in [0.25, 0.3) is 0 Å². The van der Waals surface area contributed by atoms with Gasteiger partial charge >= 0.3 is 0 Å². The van der Waals surface area contributed by atoms with Crippen molar-refractivity contribution in [1.29, 1.82) is 0 Å². The Kier molecular flexibility index (Phi) is 13.0. The molecule has 1 aliphatic heterocycles. The van der Waals surface area contributed by atoms with E-state index in [0.29, 0.717) is 39.3 Å². The van der Waals surface area contributed by atoms with Crippen LogP contribution < -0.4 is 10.6 Å². The summed E-state index contributed by atoms with van der Waals surface area (Å²) in [5.41, 5.74) is 0. The van der Waals surface area contributed by atoms with Crippen LogP contribution in [0.15, 0.2) is 4.99 Å². The summed E-state index contributed by atoms with van der Waals surface area (Å²) >= 11 is 0. The minimum Gasteiger partial charge on any atom is -0.379 e. The molecule has 1 aliphatic rings. The number of rotatable bonds is 14. The topological polar surface area (TPSA) is 75.2 Å². The Bertz CT molecular complexity index is 377. The Morgan fingerprint density at radius 2 is 1.92 bits per heavy atom. The predicted octanol–water partition coefficient (Wildman–Crippen LogP) is 1.39. The molecule has 2 N–H and O–H groups in total. The number of nitrogens with one attached hydrogen (secondary N) is 2. The lowest BCUT2D eigenvalue weighted by Gasteiger charge is -2.15. The fourth-order valence-electron chi connectivity index (χ4n) is 2.54. The van der Waals surface area contributed by atoms with Gasteiger partial charge in [0.05, 0.1) is 19.8 Å². The predicted molar refractivity (Wildman–Crippen MR) is 101 cm³/mol. The van der Waals surface area contributed by atoms with Crippen molar-refractivity contribution < 1.29 is 14.3 Å². The molecule has 1 rings (SSSR count). The molecular weight excluding hydrogens is 320 g/mol. The molecule has 1 fully saturated rings. The third kappa shape index (κ3) is 11.0. The maximum Gasteiger partial charge on any atom is 0.222 e. The Hall–Kier alpha value is -1.34. The molecule has 1 amide bonds. The van der Waals surface area contributed by atoms with Crippen LogP contribution in [0.1, 0.15) is 46.0 Å². The first-order chi connectivity index (χ1) is 12.3. The Balaban J connectivity index is 2.05. The quantitative estimate of drug-likeness (QED) is 0.279. The molecule has 0 aromatic heterocycles. The van der Waals surface area contributed by atoms with Gasteiger partial charge in [0, 0.05) is 45.8 Å². The molecule has 0 spiro atoms. The minimum absolute atomic E-state index is 0.282. The minimum atomic E-state index is 0.282. The van der Waals surface area contributed by atoms with E-state index >= 15 is 0 Å². The standard InChI is InChI=1S/C18H36N4O3/c1-3-5-13-24-15-16-25-14-10-21-18(19-4-2)20-9-7-12-22-11-6-8-17(22)23/h3-16H2,1-2H3,(H2,19,20,21). The molecule has 0 bridgehead atoms. The molecule has 0 aromatic carbocycles. The second-order valence-electron chi connectivity index (χ2n) is 6.10. The molecule has 0 aromatic rings. The maximum absolute atomic E-state index is 11.5. The molecule has 1 heterocycles. The number of likely N-dealkylation sites (tertiary alicyclic amines) is 1. The summed E-state index contributed by atoms with van der Waals surface area (Å²) in [5.74, 6) is 1.09. The highest BCUT2D eigenvalue weighted by Crippen LogP contribution is 2.09. The van der Waals surface area contributed by atoms with Crippen molar-refractivity contribution in [2.45, 2.75) is 46.0 Å². The SMILES string of the molecule is CCCCOCCOCCNC(=NCCCN1CCCC1=O)NCC. The van der Waals surface area contributed by atoms with Crippen molar-refractivity contribution in [3.05, 3.63) is 0 Å². The molecule has 0 radical (unpaired) electrons. The van der Waals surface area contributed by atoms with E-state index in [1.807, 2.05) is 11.8 Å². The molecule has 0 saturated carbocycles. The van der Waals surface area contributed by atoms with Crippen molar-refractivity contribution in [2.24, 2.45) is 4.99 Å². The zero-order valence-electron chi connectivity index (χ0n) is 16.0. The summed E-state index contributed by atoms with van der Waals surface area (Å²) in [5, 5.41) is 6.48. The smallest absolute Gasteiger partial charge is 0.222 e. The summed E-state index contributed by atoms with van der Waals surface area (Å²) in [6.07, 6.45) is 4.86. The van der Waals surface area contributed by atoms with Gasteiger partial charge in [0.2, 0.25) is 5.91 Å². The van der Waals surface area contributed by atoms with Gasteiger partial charge in [-0.25, -0.2) is 0 Å². The maximum atomic E-state index is 11.5. The van der Waals surface area contributed by atoms with E-state index in [2.05, 4.69) is 22.5 Å². The third-order valence-electron chi connectivity index (χ3n) is 3.92. The van der Waals surface area contributed by atoms with Crippen LogP contribution in [-0.4, -0.2) is 75.9 Å². The van der Waals surface area contributed by atoms with Gasteiger partial charge in [-0.05, 0) is 26.2 Å². The summed E-state index contributed by atoms with van der Waals surface area (Å²) < 4.78 is 11.0. The largest absolute Gasteiger partial charge is 0.379 e. The molecule has 146 valence electrons. The molecule has 0 unspecified atom stereocenters. The van der Waals surface area contributed by atoms with Crippen LogP contribution in [-0.2, 0) is 14.3 Å². The number of hydrogen-bond donors (Lipinski definition) is 2. The van der Waals surface area contributed by atoms with Crippen LogP contribution in [0, 0.1) is 0 Å². The lowest BCUT2D eigenvalue weighted by Crippen LogP contribution is -2.39. The van der Waals surface area contributed by atoms with Gasteiger partial charge in [-0.15, -0.1) is 0 Å². The first kappa shape index (κ1) is 21.7. The highest BCUT2D eigenvalue weighted by Gasteiger charge is 2.18. The average molecular weight is 357 g/mol. The van der Waals surface area contributed by atoms with Crippen molar-refractivity contribution in [2.75, 3.05) is 59.2 Å². The van der Waals surface area contributed by atoms with Crippen LogP contribution >= 0.6 is 0 Å². The number of unbranched alkanes of at least 4 members (excludes halogenated alkanes) is 1. The van der Waals surface area contributed by atoms with Crippen molar-refractivity contribution in [3.63, 3.8) is 0 Å². The van der Waals surface area contributed by atoms with Gasteiger partial charge < -0.3 is 25.0 Å². The highest BCUT2D eigenvalue weighted by molar-refractivity contribution is 5.79. The van der Waals surface area contributed by atoms with Crippen molar-refractivity contribution in [3.8, 4) is 0 Å². The number of guanidine groups is 1. The van der Waals surface area contributed by atoms with E-state index in [4.69, 9.17) is 9.47 Å². The van der Waals surface area contributed by atoms with Crippen molar-refractivity contribution in [1.82, 2.24) is 15.5 Å². The monoisotopic (exact) mass is 356 g/mol. The lowest BCUT2D eigenvalue weighted by molar-refractivity contribution is -0.127. The number of aliphatic imine (C=N–C) groups is 1. The van der Waals surface area contributed by atoms with Crippen molar-refractivity contribution >= 4 is 11.9 Å². The number of carbonyl (C=O) groups is 1. The number of carbonyl (C=O) groups excluding carboxylic acids is 1. The number of hydrogen-bond acceptors (Lipinski definition) is 4. The first-order valence-electron chi connectivity index (χ1n) is 9.73. The highest BCUT2D eigenvalue weighted by atomic mass is 16.5. The molecule has 0 aliphatic carbocycles. The molecule has 1 saturated heterocycles. The van der Waals surface area contributed by atoms with Crippen LogP contribution in [0.2, 0.25) is 0 Å². The number of ether oxygens (including phenoxy) is 2. The molecule has 7 heteroatoms. The fourth-order valence-corrected chi connectivity index (χ4v) is 2.54. The molecular formula is C18H36N4O3. The Morgan fingerprint density at radius 1 is 1.12 bits per heavy atom. The number of nitrogens with zero attached hydrogens (tertiary/aromatic N) is 2. The van der Waals surface area contributed by atoms with E-state index in [1.165, 1.54) is 0 Å². The Labute approximate surface area is 152 Å². The van der Waals surface area contributed by atoms with Crippen LogP contribution in [0.4, 0.5) is 0 Å². The summed E-state index contributed by atoms with van der Waals surface area (Å²) in [7, 11) is 0. The van der Waals surface area contributed by atoms with Crippen LogP contribution in [0.5, 0.6) is 0 Å². The number of amides is 1. The van der Waals surface area contributed by atoms with Gasteiger partial charge in [0.15, 0.2) is 5.96 Å². The summed E-state index contributed by atoms with van der Waals surface area (Å²) in [4.78, 5) is 18.0. The zero-order valence-corrected chi connectivity index (χ0v) is 16.0. The fraction of sp³-hybridized carbons (Fsp3) is 0.889. The van der Waals surface area contributed by atoms with Gasteiger partial charge in [-0.1, -0.05) is 13.3 Å². The van der Waals surface area contributed by atoms with Gasteiger partial charge in [0.1, 0.15) is 0 Å². The van der Waals surface area contributed by atoms with E-state index in [-0.39, 0.29) is 5.91 Å². The van der Waals surface area contributed by atoms with E-state index in [1.54, 1.807) is 0 Å². The normalized spacial score (nSPS) is 15.0. The molecule has 7 nitrogen and oxygen atoms in total. The van der Waals surface area contributed by atoms with Gasteiger partial charge in [-0.3, -0.25) is 9.79 Å².